The molecule has 0 fully saturated rings. The minimum Gasteiger partial charge on any atom is -0.310 e. The Morgan fingerprint density at radius 2 is 2.06 bits per heavy atom. The van der Waals surface area contributed by atoms with Crippen LogP contribution < -0.4 is 5.32 Å². The second-order valence-corrected chi connectivity index (χ2v) is 6.23. The van der Waals surface area contributed by atoms with Gasteiger partial charge in [-0.1, -0.05) is 18.2 Å². The summed E-state index contributed by atoms with van der Waals surface area (Å²) in [6, 6.07) is 12.6. The zero-order chi connectivity index (χ0) is 12.2. The van der Waals surface area contributed by atoms with Crippen molar-refractivity contribution in [3.8, 4) is 0 Å². The van der Waals surface area contributed by atoms with Gasteiger partial charge in [0.25, 0.3) is 0 Å². The summed E-state index contributed by atoms with van der Waals surface area (Å²) in [6.07, 6.45) is 1.10. The van der Waals surface area contributed by atoms with Gasteiger partial charge in [0.05, 0.1) is 10.2 Å². The molecule has 0 aliphatic carbocycles. The number of hydrogen-bond acceptors (Lipinski definition) is 4. The fourth-order valence-electron chi connectivity index (χ4n) is 1.86. The highest BCUT2D eigenvalue weighted by Gasteiger charge is 2.02. The van der Waals surface area contributed by atoms with Crippen LogP contribution >= 0.6 is 22.7 Å². The molecule has 18 heavy (non-hydrogen) atoms. The molecule has 1 aromatic carbocycles. The lowest BCUT2D eigenvalue weighted by Gasteiger charge is -2.00. The number of aromatic nitrogens is 1. The van der Waals surface area contributed by atoms with Crippen LogP contribution in [0.25, 0.3) is 10.2 Å². The molecule has 0 atom stereocenters. The highest BCUT2D eigenvalue weighted by Crippen LogP contribution is 2.21. The van der Waals surface area contributed by atoms with Crippen molar-refractivity contribution in [2.24, 2.45) is 0 Å². The third-order valence-corrected chi connectivity index (χ3v) is 4.72. The maximum atomic E-state index is 4.61. The molecule has 92 valence electrons. The van der Waals surface area contributed by atoms with Gasteiger partial charge in [-0.2, -0.15) is 0 Å². The maximum Gasteiger partial charge on any atom is 0.108 e. The van der Waals surface area contributed by atoms with E-state index in [1.165, 1.54) is 14.6 Å². The highest BCUT2D eigenvalue weighted by molar-refractivity contribution is 7.18. The van der Waals surface area contributed by atoms with Gasteiger partial charge in [-0.25, -0.2) is 4.98 Å². The Hall–Kier alpha value is -1.23. The first-order valence-electron chi connectivity index (χ1n) is 5.99. The molecule has 0 aliphatic rings. The summed E-state index contributed by atoms with van der Waals surface area (Å²) in [4.78, 5) is 6.04. The van der Waals surface area contributed by atoms with Gasteiger partial charge in [-0.05, 0) is 30.0 Å². The van der Waals surface area contributed by atoms with Crippen molar-refractivity contribution in [1.29, 1.82) is 0 Å². The molecule has 0 radical (unpaired) electrons. The topological polar surface area (TPSA) is 24.9 Å². The van der Waals surface area contributed by atoms with Crippen LogP contribution in [0.5, 0.6) is 0 Å². The summed E-state index contributed by atoms with van der Waals surface area (Å²) in [6.45, 7) is 1.88. The summed E-state index contributed by atoms with van der Waals surface area (Å²) in [5.74, 6) is 0. The number of thiazole rings is 1. The van der Waals surface area contributed by atoms with Crippen LogP contribution in [-0.4, -0.2) is 11.5 Å². The van der Waals surface area contributed by atoms with Gasteiger partial charge in [-0.15, -0.1) is 22.7 Å². The van der Waals surface area contributed by atoms with Crippen molar-refractivity contribution in [3.63, 3.8) is 0 Å². The van der Waals surface area contributed by atoms with E-state index < -0.39 is 0 Å². The van der Waals surface area contributed by atoms with Gasteiger partial charge in [-0.3, -0.25) is 0 Å². The van der Waals surface area contributed by atoms with E-state index in [0.717, 1.165) is 25.0 Å². The average Bonchev–Trinajstić information content (AvgIpc) is 3.03. The molecular weight excluding hydrogens is 260 g/mol. The number of hydrogen-bond donors (Lipinski definition) is 1. The summed E-state index contributed by atoms with van der Waals surface area (Å²) >= 11 is 3.59. The second kappa shape index (κ2) is 5.61. The van der Waals surface area contributed by atoms with Crippen molar-refractivity contribution in [1.82, 2.24) is 10.3 Å². The predicted octanol–water partition coefficient (Wildman–Crippen LogP) is 3.69. The van der Waals surface area contributed by atoms with E-state index in [9.17, 15) is 0 Å². The molecule has 2 aromatic heterocycles. The standard InChI is InChI=1S/C14H14N2S2/c1-2-6-13-12(5-1)16-14(18-13)10-15-8-7-11-4-3-9-17-11/h1-6,9,15H,7-8,10H2. The number of thiophene rings is 1. The Morgan fingerprint density at radius 1 is 1.11 bits per heavy atom. The van der Waals surface area contributed by atoms with E-state index in [0.29, 0.717) is 0 Å². The maximum absolute atomic E-state index is 4.61. The van der Waals surface area contributed by atoms with Crippen molar-refractivity contribution >= 4 is 32.9 Å². The van der Waals surface area contributed by atoms with Crippen LogP contribution in [0.2, 0.25) is 0 Å². The van der Waals surface area contributed by atoms with Gasteiger partial charge in [0.1, 0.15) is 5.01 Å². The van der Waals surface area contributed by atoms with E-state index in [1.54, 1.807) is 11.3 Å². The van der Waals surface area contributed by atoms with Crippen LogP contribution in [-0.2, 0) is 13.0 Å². The first-order chi connectivity index (χ1) is 8.92. The van der Waals surface area contributed by atoms with E-state index in [-0.39, 0.29) is 0 Å². The molecule has 1 N–H and O–H groups in total. The van der Waals surface area contributed by atoms with E-state index in [1.807, 2.05) is 17.4 Å². The highest BCUT2D eigenvalue weighted by atomic mass is 32.1. The lowest BCUT2D eigenvalue weighted by atomic mass is 10.3. The fraction of sp³-hybridized carbons (Fsp3) is 0.214. The molecule has 4 heteroatoms. The summed E-state index contributed by atoms with van der Waals surface area (Å²) in [5.41, 5.74) is 1.11. The fourth-order valence-corrected chi connectivity index (χ4v) is 3.50. The Kier molecular flexibility index (Phi) is 3.69. The summed E-state index contributed by atoms with van der Waals surface area (Å²) < 4.78 is 1.27. The van der Waals surface area contributed by atoms with Crippen LogP contribution in [0.15, 0.2) is 41.8 Å². The van der Waals surface area contributed by atoms with Crippen molar-refractivity contribution < 1.29 is 0 Å². The molecule has 0 spiro atoms. The van der Waals surface area contributed by atoms with Gasteiger partial charge >= 0.3 is 0 Å². The van der Waals surface area contributed by atoms with Gasteiger partial charge in [0.2, 0.25) is 0 Å². The molecule has 3 rings (SSSR count). The Bertz CT molecular complexity index is 581. The monoisotopic (exact) mass is 274 g/mol. The number of nitrogens with one attached hydrogen (secondary N) is 1. The Labute approximate surface area is 114 Å². The van der Waals surface area contributed by atoms with Crippen LogP contribution in [0.1, 0.15) is 9.88 Å². The summed E-state index contributed by atoms with van der Waals surface area (Å²) in [7, 11) is 0. The van der Waals surface area contributed by atoms with Crippen molar-refractivity contribution in [2.75, 3.05) is 6.54 Å². The van der Waals surface area contributed by atoms with Crippen LogP contribution in [0.4, 0.5) is 0 Å². The molecule has 0 amide bonds. The Balaban J connectivity index is 1.53. The smallest absolute Gasteiger partial charge is 0.108 e. The lowest BCUT2D eigenvalue weighted by Crippen LogP contribution is -2.16. The normalized spacial score (nSPS) is 11.1. The first kappa shape index (κ1) is 11.8. The third-order valence-electron chi connectivity index (χ3n) is 2.74. The van der Waals surface area contributed by atoms with Crippen molar-refractivity contribution in [2.45, 2.75) is 13.0 Å². The van der Waals surface area contributed by atoms with Gasteiger partial charge in [0.15, 0.2) is 0 Å². The van der Waals surface area contributed by atoms with E-state index >= 15 is 0 Å². The molecule has 2 nitrogen and oxygen atoms in total. The Morgan fingerprint density at radius 3 is 2.89 bits per heavy atom. The third kappa shape index (κ3) is 2.77. The zero-order valence-electron chi connectivity index (χ0n) is 9.93. The van der Waals surface area contributed by atoms with Crippen LogP contribution in [0.3, 0.4) is 0 Å². The predicted molar refractivity (Wildman–Crippen MR) is 79.3 cm³/mol. The SMILES string of the molecule is c1csc(CCNCc2nc3ccccc3s2)c1. The molecule has 0 aliphatic heterocycles. The van der Waals surface area contributed by atoms with Gasteiger partial charge in [0, 0.05) is 18.0 Å². The number of fused-ring (bicyclic) bond motifs is 1. The number of nitrogens with zero attached hydrogens (tertiary/aromatic N) is 1. The first-order valence-corrected chi connectivity index (χ1v) is 7.69. The molecule has 2 heterocycles. The number of rotatable bonds is 5. The number of para-hydroxylation sites is 1. The van der Waals surface area contributed by atoms with Crippen molar-refractivity contribution in [3.05, 3.63) is 51.7 Å². The molecule has 3 aromatic rings. The molecule has 0 bridgehead atoms. The molecule has 0 unspecified atom stereocenters. The number of benzene rings is 1. The second-order valence-electron chi connectivity index (χ2n) is 4.08. The largest absolute Gasteiger partial charge is 0.310 e. The lowest BCUT2D eigenvalue weighted by molar-refractivity contribution is 0.688. The van der Waals surface area contributed by atoms with E-state index in [4.69, 9.17) is 0 Å². The molecule has 0 saturated carbocycles. The van der Waals surface area contributed by atoms with Crippen LogP contribution in [0, 0.1) is 0 Å². The quantitative estimate of drug-likeness (QED) is 0.718. The van der Waals surface area contributed by atoms with Gasteiger partial charge < -0.3 is 5.32 Å². The molecule has 0 saturated heterocycles. The van der Waals surface area contributed by atoms with E-state index in [2.05, 4.69) is 46.0 Å². The minimum atomic E-state index is 0.866. The minimum absolute atomic E-state index is 0.866. The zero-order valence-corrected chi connectivity index (χ0v) is 11.6. The average molecular weight is 274 g/mol. The summed E-state index contributed by atoms with van der Waals surface area (Å²) in [5, 5.41) is 6.75. The molecular formula is C14H14N2S2.